The van der Waals surface area contributed by atoms with Gasteiger partial charge in [0.1, 0.15) is 11.9 Å². The molecule has 0 aromatic heterocycles. The van der Waals surface area contributed by atoms with Crippen molar-refractivity contribution in [2.45, 2.75) is 31.8 Å². The highest BCUT2D eigenvalue weighted by Crippen LogP contribution is 2.42. The summed E-state index contributed by atoms with van der Waals surface area (Å²) in [5.74, 6) is 0.457. The molecule has 5 nitrogen and oxygen atoms in total. The maximum absolute atomic E-state index is 14.2. The lowest BCUT2D eigenvalue weighted by molar-refractivity contribution is -0.128. The Morgan fingerprint density at radius 3 is 2.57 bits per heavy atom. The number of nitrogens with one attached hydrogen (secondary N) is 1. The first-order chi connectivity index (χ1) is 10.1. The highest BCUT2D eigenvalue weighted by Gasteiger charge is 2.35. The Kier molecular flexibility index (Phi) is 3.82. The first-order valence-corrected chi connectivity index (χ1v) is 6.99. The van der Waals surface area contributed by atoms with Gasteiger partial charge in [0.2, 0.25) is 5.91 Å². The molecular weight excluding hydrogens is 277 g/mol. The van der Waals surface area contributed by atoms with Crippen molar-refractivity contribution in [1.29, 1.82) is 0 Å². The Bertz CT molecular complexity index is 547. The molecule has 6 heteroatoms. The van der Waals surface area contributed by atoms with Crippen molar-refractivity contribution in [3.05, 3.63) is 28.8 Å². The van der Waals surface area contributed by atoms with Crippen LogP contribution in [-0.2, 0) is 14.3 Å². The minimum atomic E-state index is -1.22. The van der Waals surface area contributed by atoms with Gasteiger partial charge < -0.3 is 19.5 Å². The molecule has 2 aliphatic rings. The van der Waals surface area contributed by atoms with E-state index < -0.39 is 12.5 Å². The van der Waals surface area contributed by atoms with E-state index in [1.165, 1.54) is 14.0 Å². The summed E-state index contributed by atoms with van der Waals surface area (Å²) in [5, 5.41) is 2.81. The second-order valence-electron chi connectivity index (χ2n) is 5.20. The standard InChI is InChI=1S/C15H18FNO4/c1-8(16)13-11(19-2)4-3-9(10-7-12(18)17-10)14(13)15-20-5-6-21-15/h3-4,8,10,15H,5-7H2,1-2H3,(H,17,18)/t8-,10?/m1/s1. The number of methoxy groups -OCH3 is 1. The lowest BCUT2D eigenvalue weighted by atomic mass is 9.88. The number of alkyl halides is 1. The molecule has 1 N–H and O–H groups in total. The quantitative estimate of drug-likeness (QED) is 0.866. The Morgan fingerprint density at radius 1 is 1.38 bits per heavy atom. The van der Waals surface area contributed by atoms with Gasteiger partial charge >= 0.3 is 0 Å². The molecule has 2 heterocycles. The van der Waals surface area contributed by atoms with Crippen LogP contribution in [0, 0.1) is 0 Å². The summed E-state index contributed by atoms with van der Waals surface area (Å²) in [4.78, 5) is 11.2. The molecule has 1 aromatic carbocycles. The van der Waals surface area contributed by atoms with E-state index in [0.717, 1.165) is 5.56 Å². The second kappa shape index (κ2) is 5.61. The Balaban J connectivity index is 2.10. The van der Waals surface area contributed by atoms with Crippen LogP contribution >= 0.6 is 0 Å². The number of carbonyl (C=O) groups is 1. The van der Waals surface area contributed by atoms with Gasteiger partial charge in [-0.05, 0) is 18.6 Å². The molecule has 0 saturated carbocycles. The first-order valence-electron chi connectivity index (χ1n) is 6.99. The molecule has 1 amide bonds. The van der Waals surface area contributed by atoms with Crippen LogP contribution in [0.3, 0.4) is 0 Å². The van der Waals surface area contributed by atoms with Crippen LogP contribution in [0.15, 0.2) is 12.1 Å². The largest absolute Gasteiger partial charge is 0.496 e. The monoisotopic (exact) mass is 295 g/mol. The van der Waals surface area contributed by atoms with E-state index in [1.807, 2.05) is 6.07 Å². The highest BCUT2D eigenvalue weighted by molar-refractivity contribution is 5.83. The van der Waals surface area contributed by atoms with Gasteiger partial charge in [0.25, 0.3) is 0 Å². The minimum Gasteiger partial charge on any atom is -0.496 e. The fourth-order valence-corrected chi connectivity index (χ4v) is 2.86. The molecule has 0 aliphatic carbocycles. The Morgan fingerprint density at radius 2 is 2.05 bits per heavy atom. The van der Waals surface area contributed by atoms with Crippen molar-refractivity contribution >= 4 is 5.91 Å². The van der Waals surface area contributed by atoms with Crippen molar-refractivity contribution in [1.82, 2.24) is 5.32 Å². The number of β-lactam (4-membered cyclic amide) rings is 1. The van der Waals surface area contributed by atoms with Gasteiger partial charge in [-0.2, -0.15) is 0 Å². The molecule has 114 valence electrons. The molecule has 1 unspecified atom stereocenters. The highest BCUT2D eigenvalue weighted by atomic mass is 19.1. The molecule has 2 aliphatic heterocycles. The lowest BCUT2D eigenvalue weighted by Crippen LogP contribution is -2.42. The Hall–Kier alpha value is -1.66. The van der Waals surface area contributed by atoms with E-state index in [1.54, 1.807) is 6.07 Å². The molecule has 2 saturated heterocycles. The molecule has 3 rings (SSSR count). The average Bonchev–Trinajstić information content (AvgIpc) is 2.96. The van der Waals surface area contributed by atoms with Crippen LogP contribution in [-0.4, -0.2) is 26.2 Å². The van der Waals surface area contributed by atoms with E-state index in [4.69, 9.17) is 14.2 Å². The number of ether oxygens (including phenoxy) is 3. The van der Waals surface area contributed by atoms with Gasteiger partial charge in [-0.25, -0.2) is 4.39 Å². The normalized spacial score (nSPS) is 23.6. The average molecular weight is 295 g/mol. The lowest BCUT2D eigenvalue weighted by Gasteiger charge is -2.32. The summed E-state index contributed by atoms with van der Waals surface area (Å²) in [7, 11) is 1.51. The topological polar surface area (TPSA) is 56.8 Å². The van der Waals surface area contributed by atoms with Gasteiger partial charge in [0.15, 0.2) is 6.29 Å². The van der Waals surface area contributed by atoms with Crippen LogP contribution in [0.25, 0.3) is 0 Å². The van der Waals surface area contributed by atoms with Crippen LogP contribution in [0.2, 0.25) is 0 Å². The molecule has 2 atom stereocenters. The third kappa shape index (κ3) is 2.49. The number of rotatable bonds is 4. The zero-order valence-corrected chi connectivity index (χ0v) is 12.0. The number of halogens is 1. The molecule has 0 spiro atoms. The van der Waals surface area contributed by atoms with Crippen molar-refractivity contribution in [2.75, 3.05) is 20.3 Å². The van der Waals surface area contributed by atoms with E-state index in [9.17, 15) is 9.18 Å². The number of carbonyl (C=O) groups excluding carboxylic acids is 1. The van der Waals surface area contributed by atoms with Gasteiger partial charge in [-0.1, -0.05) is 6.07 Å². The maximum atomic E-state index is 14.2. The number of amides is 1. The predicted octanol–water partition coefficient (Wildman–Crippen LogP) is 2.33. The smallest absolute Gasteiger partial charge is 0.222 e. The number of hydrogen-bond acceptors (Lipinski definition) is 4. The molecule has 2 fully saturated rings. The van der Waals surface area contributed by atoms with E-state index in [0.29, 0.717) is 36.5 Å². The second-order valence-corrected chi connectivity index (χ2v) is 5.20. The van der Waals surface area contributed by atoms with E-state index in [2.05, 4.69) is 5.32 Å². The molecular formula is C15H18FNO4. The number of hydrogen-bond donors (Lipinski definition) is 1. The van der Waals surface area contributed by atoms with Crippen molar-refractivity contribution in [3.8, 4) is 5.75 Å². The van der Waals surface area contributed by atoms with Crippen LogP contribution < -0.4 is 10.1 Å². The minimum absolute atomic E-state index is 0.00938. The van der Waals surface area contributed by atoms with Gasteiger partial charge in [0, 0.05) is 11.1 Å². The summed E-state index contributed by atoms with van der Waals surface area (Å²) in [5.41, 5.74) is 1.91. The van der Waals surface area contributed by atoms with Crippen molar-refractivity contribution in [3.63, 3.8) is 0 Å². The summed E-state index contributed by atoms with van der Waals surface area (Å²) >= 11 is 0. The summed E-state index contributed by atoms with van der Waals surface area (Å²) in [6.45, 7) is 2.40. The first kappa shape index (κ1) is 14.3. The van der Waals surface area contributed by atoms with Gasteiger partial charge in [0.05, 0.1) is 32.8 Å². The van der Waals surface area contributed by atoms with Crippen LogP contribution in [0.4, 0.5) is 4.39 Å². The van der Waals surface area contributed by atoms with Gasteiger partial charge in [-0.3, -0.25) is 4.79 Å². The fourth-order valence-electron chi connectivity index (χ4n) is 2.86. The van der Waals surface area contributed by atoms with E-state index >= 15 is 0 Å². The molecule has 0 radical (unpaired) electrons. The van der Waals surface area contributed by atoms with Crippen molar-refractivity contribution < 1.29 is 23.4 Å². The molecule has 0 bridgehead atoms. The molecule has 1 aromatic rings. The van der Waals surface area contributed by atoms with Crippen LogP contribution in [0.1, 0.15) is 48.5 Å². The van der Waals surface area contributed by atoms with E-state index in [-0.39, 0.29) is 11.9 Å². The zero-order chi connectivity index (χ0) is 15.0. The number of benzene rings is 1. The van der Waals surface area contributed by atoms with Crippen LogP contribution in [0.5, 0.6) is 5.75 Å². The van der Waals surface area contributed by atoms with Crippen molar-refractivity contribution in [2.24, 2.45) is 0 Å². The third-order valence-electron chi connectivity index (χ3n) is 3.86. The molecule has 21 heavy (non-hydrogen) atoms. The zero-order valence-electron chi connectivity index (χ0n) is 12.0. The predicted molar refractivity (Wildman–Crippen MR) is 72.7 cm³/mol. The summed E-state index contributed by atoms with van der Waals surface area (Å²) in [6.07, 6.45) is -1.44. The fraction of sp³-hybridized carbons (Fsp3) is 0.533. The Labute approximate surface area is 122 Å². The summed E-state index contributed by atoms with van der Waals surface area (Å²) in [6, 6.07) is 3.45. The third-order valence-corrected chi connectivity index (χ3v) is 3.86. The van der Waals surface area contributed by atoms with Gasteiger partial charge in [-0.15, -0.1) is 0 Å². The SMILES string of the molecule is COc1ccc(C2CC(=O)N2)c(C2OCCO2)c1[C@@H](C)F. The maximum Gasteiger partial charge on any atom is 0.222 e. The summed E-state index contributed by atoms with van der Waals surface area (Å²) < 4.78 is 30.6.